The first-order valence-corrected chi connectivity index (χ1v) is 8.84. The molecule has 0 saturated carbocycles. The highest BCUT2D eigenvalue weighted by molar-refractivity contribution is 6.34. The van der Waals surface area contributed by atoms with E-state index in [9.17, 15) is 18.8 Å². The monoisotopic (exact) mass is 401 g/mol. The number of amides is 3. The fourth-order valence-electron chi connectivity index (χ4n) is 2.95. The summed E-state index contributed by atoms with van der Waals surface area (Å²) in [7, 11) is 0. The summed E-state index contributed by atoms with van der Waals surface area (Å²) in [4.78, 5) is 35.9. The van der Waals surface area contributed by atoms with Crippen molar-refractivity contribution >= 4 is 40.7 Å². The van der Waals surface area contributed by atoms with Gasteiger partial charge in [-0.05, 0) is 35.9 Å². The maximum Gasteiger partial charge on any atom is 0.253 e. The lowest BCUT2D eigenvalue weighted by molar-refractivity contribution is -0.121. The number of carbonyl (C=O) groups excluding carboxylic acids is 3. The second-order valence-electron chi connectivity index (χ2n) is 6.31. The van der Waals surface area contributed by atoms with Crippen LogP contribution in [0.25, 0.3) is 0 Å². The summed E-state index contributed by atoms with van der Waals surface area (Å²) in [5.41, 5.74) is 1.56. The Bertz CT molecular complexity index is 990. The standard InChI is InChI=1S/C20H17ClFN3O3/c1-11(26)24-14-5-6-17(21)18(8-14)25-20(28)16-10-23-19(27)9-15(16)12-3-2-4-13(22)7-12/h2-8,10,15H,9H2,1H3,(H,23,27)(H,24,26)(H,25,28). The van der Waals surface area contributed by atoms with Gasteiger partial charge in [0.25, 0.3) is 5.91 Å². The molecule has 8 heteroatoms. The Kier molecular flexibility index (Phi) is 5.75. The van der Waals surface area contributed by atoms with Crippen molar-refractivity contribution in [3.63, 3.8) is 0 Å². The zero-order valence-corrected chi connectivity index (χ0v) is 15.6. The molecule has 6 nitrogen and oxygen atoms in total. The van der Waals surface area contributed by atoms with Gasteiger partial charge in [0, 0.05) is 36.7 Å². The van der Waals surface area contributed by atoms with Crippen LogP contribution in [0, 0.1) is 5.82 Å². The van der Waals surface area contributed by atoms with Gasteiger partial charge in [0.05, 0.1) is 10.7 Å². The molecule has 1 heterocycles. The van der Waals surface area contributed by atoms with Crippen LogP contribution in [0.15, 0.2) is 54.2 Å². The largest absolute Gasteiger partial charge is 0.332 e. The van der Waals surface area contributed by atoms with Crippen molar-refractivity contribution in [1.29, 1.82) is 0 Å². The van der Waals surface area contributed by atoms with Crippen LogP contribution in [-0.4, -0.2) is 17.7 Å². The number of carbonyl (C=O) groups is 3. The van der Waals surface area contributed by atoms with Gasteiger partial charge in [-0.1, -0.05) is 23.7 Å². The summed E-state index contributed by atoms with van der Waals surface area (Å²) >= 11 is 6.15. The van der Waals surface area contributed by atoms with E-state index in [1.54, 1.807) is 18.2 Å². The van der Waals surface area contributed by atoms with Gasteiger partial charge < -0.3 is 16.0 Å². The van der Waals surface area contributed by atoms with Crippen molar-refractivity contribution < 1.29 is 18.8 Å². The lowest BCUT2D eigenvalue weighted by Gasteiger charge is -2.24. The first-order chi connectivity index (χ1) is 13.3. The normalized spacial score (nSPS) is 16.0. The van der Waals surface area contributed by atoms with Crippen molar-refractivity contribution in [2.24, 2.45) is 0 Å². The second-order valence-corrected chi connectivity index (χ2v) is 6.72. The molecule has 144 valence electrons. The number of anilines is 2. The van der Waals surface area contributed by atoms with Crippen LogP contribution in [0.4, 0.5) is 15.8 Å². The van der Waals surface area contributed by atoms with Crippen LogP contribution >= 0.6 is 11.6 Å². The molecule has 0 aliphatic carbocycles. The van der Waals surface area contributed by atoms with Crippen molar-refractivity contribution in [1.82, 2.24) is 5.32 Å². The average molecular weight is 402 g/mol. The minimum Gasteiger partial charge on any atom is -0.332 e. The zero-order chi connectivity index (χ0) is 20.3. The lowest BCUT2D eigenvalue weighted by atomic mass is 9.86. The number of halogens is 2. The van der Waals surface area contributed by atoms with Gasteiger partial charge in [-0.25, -0.2) is 4.39 Å². The van der Waals surface area contributed by atoms with E-state index in [-0.39, 0.29) is 28.8 Å². The van der Waals surface area contributed by atoms with Crippen LogP contribution in [0.3, 0.4) is 0 Å². The molecule has 3 N–H and O–H groups in total. The molecule has 2 aromatic rings. The Labute approximate surface area is 165 Å². The van der Waals surface area contributed by atoms with E-state index in [1.165, 1.54) is 37.4 Å². The number of benzene rings is 2. The molecule has 0 bridgehead atoms. The first-order valence-electron chi connectivity index (χ1n) is 8.47. The van der Waals surface area contributed by atoms with Crippen molar-refractivity contribution in [2.75, 3.05) is 10.6 Å². The highest BCUT2D eigenvalue weighted by atomic mass is 35.5. The highest BCUT2D eigenvalue weighted by Crippen LogP contribution is 2.32. The Hall–Kier alpha value is -3.19. The Balaban J connectivity index is 1.88. The van der Waals surface area contributed by atoms with Gasteiger partial charge in [-0.2, -0.15) is 0 Å². The maximum absolute atomic E-state index is 13.6. The average Bonchev–Trinajstić information content (AvgIpc) is 2.64. The van der Waals surface area contributed by atoms with E-state index < -0.39 is 17.6 Å². The third-order valence-electron chi connectivity index (χ3n) is 4.20. The van der Waals surface area contributed by atoms with E-state index in [4.69, 9.17) is 11.6 Å². The Morgan fingerprint density at radius 3 is 2.68 bits per heavy atom. The van der Waals surface area contributed by atoms with Crippen molar-refractivity contribution in [3.8, 4) is 0 Å². The van der Waals surface area contributed by atoms with Crippen LogP contribution in [0.1, 0.15) is 24.8 Å². The summed E-state index contributed by atoms with van der Waals surface area (Å²) in [6, 6.07) is 10.5. The summed E-state index contributed by atoms with van der Waals surface area (Å²) in [5.74, 6) is -2.06. The molecule has 0 spiro atoms. The highest BCUT2D eigenvalue weighted by Gasteiger charge is 2.29. The topological polar surface area (TPSA) is 87.3 Å². The van der Waals surface area contributed by atoms with E-state index in [0.29, 0.717) is 16.9 Å². The Morgan fingerprint density at radius 1 is 1.18 bits per heavy atom. The predicted octanol–water partition coefficient (Wildman–Crippen LogP) is 3.56. The maximum atomic E-state index is 13.6. The molecule has 3 rings (SSSR count). The van der Waals surface area contributed by atoms with Gasteiger partial charge in [-0.15, -0.1) is 0 Å². The molecule has 1 aliphatic rings. The molecule has 1 unspecified atom stereocenters. The molecular weight excluding hydrogens is 385 g/mol. The SMILES string of the molecule is CC(=O)Nc1ccc(Cl)c(NC(=O)C2=CNC(=O)CC2c2cccc(F)c2)c1. The molecule has 0 saturated heterocycles. The minimum absolute atomic E-state index is 0.0162. The van der Waals surface area contributed by atoms with Crippen molar-refractivity contribution in [3.05, 3.63) is 70.6 Å². The van der Waals surface area contributed by atoms with Crippen LogP contribution < -0.4 is 16.0 Å². The fraction of sp³-hybridized carbons (Fsp3) is 0.150. The van der Waals surface area contributed by atoms with Crippen LogP contribution in [-0.2, 0) is 14.4 Å². The predicted molar refractivity (Wildman–Crippen MR) is 104 cm³/mol. The third kappa shape index (κ3) is 4.55. The number of nitrogens with one attached hydrogen (secondary N) is 3. The van der Waals surface area contributed by atoms with Gasteiger partial charge in [0.2, 0.25) is 11.8 Å². The molecular formula is C20H17ClFN3O3. The molecule has 0 aromatic heterocycles. The molecule has 3 amide bonds. The minimum atomic E-state index is -0.596. The van der Waals surface area contributed by atoms with E-state index in [0.717, 1.165) is 0 Å². The molecule has 28 heavy (non-hydrogen) atoms. The summed E-state index contributed by atoms with van der Waals surface area (Å²) < 4.78 is 13.6. The van der Waals surface area contributed by atoms with Crippen LogP contribution in [0.5, 0.6) is 0 Å². The van der Waals surface area contributed by atoms with Crippen LogP contribution in [0.2, 0.25) is 5.02 Å². The van der Waals surface area contributed by atoms with Gasteiger partial charge >= 0.3 is 0 Å². The molecule has 2 aromatic carbocycles. The number of hydrogen-bond acceptors (Lipinski definition) is 3. The molecule has 0 radical (unpaired) electrons. The quantitative estimate of drug-likeness (QED) is 0.732. The molecule has 1 atom stereocenters. The summed E-state index contributed by atoms with van der Waals surface area (Å²) in [6.45, 7) is 1.37. The molecule has 0 fully saturated rings. The Morgan fingerprint density at radius 2 is 1.96 bits per heavy atom. The smallest absolute Gasteiger partial charge is 0.253 e. The zero-order valence-electron chi connectivity index (χ0n) is 14.9. The van der Waals surface area contributed by atoms with Gasteiger partial charge in [-0.3, -0.25) is 14.4 Å². The van der Waals surface area contributed by atoms with Gasteiger partial charge in [0.15, 0.2) is 0 Å². The van der Waals surface area contributed by atoms with E-state index >= 15 is 0 Å². The number of hydrogen-bond donors (Lipinski definition) is 3. The van der Waals surface area contributed by atoms with E-state index in [1.807, 2.05) is 0 Å². The summed E-state index contributed by atoms with van der Waals surface area (Å²) in [6.07, 6.45) is 1.34. The second kappa shape index (κ2) is 8.22. The van der Waals surface area contributed by atoms with Crippen molar-refractivity contribution in [2.45, 2.75) is 19.3 Å². The third-order valence-corrected chi connectivity index (χ3v) is 4.53. The van der Waals surface area contributed by atoms with Gasteiger partial charge in [0.1, 0.15) is 5.82 Å². The summed E-state index contributed by atoms with van der Waals surface area (Å²) in [5, 5.41) is 8.10. The fourth-order valence-corrected chi connectivity index (χ4v) is 3.12. The lowest BCUT2D eigenvalue weighted by Crippen LogP contribution is -2.32. The first kappa shape index (κ1) is 19.6. The number of rotatable bonds is 4. The molecule has 1 aliphatic heterocycles. The van der Waals surface area contributed by atoms with E-state index in [2.05, 4.69) is 16.0 Å².